The fourth-order valence-electron chi connectivity index (χ4n) is 3.63. The van der Waals surface area contributed by atoms with Crippen molar-refractivity contribution in [2.45, 2.75) is 38.8 Å². The highest BCUT2D eigenvalue weighted by Gasteiger charge is 2.26. The van der Waals surface area contributed by atoms with Gasteiger partial charge in [0.05, 0.1) is 6.54 Å². The molecule has 1 aromatic carbocycles. The van der Waals surface area contributed by atoms with Crippen LogP contribution in [0.15, 0.2) is 24.3 Å². The lowest BCUT2D eigenvalue weighted by Gasteiger charge is -2.34. The van der Waals surface area contributed by atoms with E-state index in [4.69, 9.17) is 4.74 Å². The van der Waals surface area contributed by atoms with Crippen molar-refractivity contribution in [3.05, 3.63) is 29.8 Å². The van der Waals surface area contributed by atoms with Crippen LogP contribution in [0.1, 0.15) is 31.7 Å². The van der Waals surface area contributed by atoms with Crippen LogP contribution in [0.3, 0.4) is 0 Å². The van der Waals surface area contributed by atoms with Crippen molar-refractivity contribution >= 4 is 12.3 Å². The molecule has 1 saturated heterocycles. The van der Waals surface area contributed by atoms with Crippen LogP contribution < -0.4 is 4.74 Å². The van der Waals surface area contributed by atoms with Gasteiger partial charge in [0, 0.05) is 44.8 Å². The van der Waals surface area contributed by atoms with Gasteiger partial charge < -0.3 is 14.5 Å². The number of piperazine rings is 1. The minimum Gasteiger partial charge on any atom is -0.489 e. The Morgan fingerprint density at radius 2 is 2.00 bits per heavy atom. The second kappa shape index (κ2) is 9.03. The molecular weight excluding hydrogens is 330 g/mol. The molecule has 0 bridgehead atoms. The number of para-hydroxylation sites is 1. The summed E-state index contributed by atoms with van der Waals surface area (Å²) in [5.74, 6) is 1.09. The molecule has 0 aromatic heterocycles. The SMILES string of the molecule is CCCC[C@H]1CN(CC(=O)N2CCN(C=O)CC2)Cc2ccccc2O1. The first-order valence-corrected chi connectivity index (χ1v) is 9.63. The number of nitrogens with zero attached hydrogens (tertiary/aromatic N) is 3. The minimum atomic E-state index is 0.123. The average Bonchev–Trinajstić information content (AvgIpc) is 2.84. The van der Waals surface area contributed by atoms with E-state index in [0.29, 0.717) is 32.7 Å². The molecule has 0 saturated carbocycles. The van der Waals surface area contributed by atoms with E-state index in [2.05, 4.69) is 17.9 Å². The number of fused-ring (bicyclic) bond motifs is 1. The molecular formula is C20H29N3O3. The molecule has 6 heteroatoms. The largest absolute Gasteiger partial charge is 0.489 e. The van der Waals surface area contributed by atoms with Crippen LogP contribution >= 0.6 is 0 Å². The number of ether oxygens (including phenoxy) is 1. The van der Waals surface area contributed by atoms with Crippen molar-refractivity contribution in [1.29, 1.82) is 0 Å². The monoisotopic (exact) mass is 359 g/mol. The fourth-order valence-corrected chi connectivity index (χ4v) is 3.63. The highest BCUT2D eigenvalue weighted by Crippen LogP contribution is 2.26. The van der Waals surface area contributed by atoms with Crippen molar-refractivity contribution in [2.24, 2.45) is 0 Å². The van der Waals surface area contributed by atoms with Gasteiger partial charge in [-0.3, -0.25) is 14.5 Å². The van der Waals surface area contributed by atoms with Gasteiger partial charge in [0.15, 0.2) is 0 Å². The molecule has 2 aliphatic heterocycles. The second-order valence-electron chi connectivity index (χ2n) is 7.18. The number of carbonyl (C=O) groups is 2. The van der Waals surface area contributed by atoms with Gasteiger partial charge in [0.25, 0.3) is 0 Å². The molecule has 142 valence electrons. The summed E-state index contributed by atoms with van der Waals surface area (Å²) >= 11 is 0. The summed E-state index contributed by atoms with van der Waals surface area (Å²) in [5, 5.41) is 0. The average molecular weight is 359 g/mol. The summed E-state index contributed by atoms with van der Waals surface area (Å²) in [7, 11) is 0. The van der Waals surface area contributed by atoms with Gasteiger partial charge in [-0.05, 0) is 18.9 Å². The summed E-state index contributed by atoms with van der Waals surface area (Å²) in [4.78, 5) is 29.4. The van der Waals surface area contributed by atoms with E-state index < -0.39 is 0 Å². The molecule has 6 nitrogen and oxygen atoms in total. The Bertz CT molecular complexity index is 614. The van der Waals surface area contributed by atoms with Crippen molar-refractivity contribution < 1.29 is 14.3 Å². The number of unbranched alkanes of at least 4 members (excludes halogenated alkanes) is 1. The number of carbonyl (C=O) groups excluding carboxylic acids is 2. The smallest absolute Gasteiger partial charge is 0.236 e. The predicted octanol–water partition coefficient (Wildman–Crippen LogP) is 1.74. The van der Waals surface area contributed by atoms with E-state index in [1.54, 1.807) is 4.90 Å². The summed E-state index contributed by atoms with van der Waals surface area (Å²) in [5.41, 5.74) is 1.14. The van der Waals surface area contributed by atoms with Crippen molar-refractivity contribution in [2.75, 3.05) is 39.3 Å². The van der Waals surface area contributed by atoms with E-state index in [1.165, 1.54) is 0 Å². The quantitative estimate of drug-likeness (QED) is 0.726. The first kappa shape index (κ1) is 18.7. The maximum absolute atomic E-state index is 12.7. The Kier molecular flexibility index (Phi) is 6.50. The Morgan fingerprint density at radius 1 is 1.23 bits per heavy atom. The number of hydrogen-bond donors (Lipinski definition) is 0. The molecule has 0 N–H and O–H groups in total. The van der Waals surface area contributed by atoms with Gasteiger partial charge in [-0.1, -0.05) is 31.5 Å². The van der Waals surface area contributed by atoms with Crippen LogP contribution in [-0.2, 0) is 16.1 Å². The molecule has 3 rings (SSSR count). The van der Waals surface area contributed by atoms with Crippen LogP contribution in [0.5, 0.6) is 5.75 Å². The molecule has 1 fully saturated rings. The van der Waals surface area contributed by atoms with Crippen molar-refractivity contribution in [3.63, 3.8) is 0 Å². The molecule has 0 radical (unpaired) electrons. The van der Waals surface area contributed by atoms with Crippen LogP contribution in [-0.4, -0.2) is 72.4 Å². The predicted molar refractivity (Wildman–Crippen MR) is 99.9 cm³/mol. The van der Waals surface area contributed by atoms with E-state index in [1.807, 2.05) is 23.1 Å². The van der Waals surface area contributed by atoms with Crippen LogP contribution in [0.2, 0.25) is 0 Å². The minimum absolute atomic E-state index is 0.123. The zero-order valence-electron chi connectivity index (χ0n) is 15.6. The van der Waals surface area contributed by atoms with E-state index in [0.717, 1.165) is 50.1 Å². The number of amides is 2. The Hall–Kier alpha value is -2.08. The highest BCUT2D eigenvalue weighted by molar-refractivity contribution is 5.78. The molecule has 2 aliphatic rings. The molecule has 2 heterocycles. The second-order valence-corrected chi connectivity index (χ2v) is 7.18. The van der Waals surface area contributed by atoms with E-state index >= 15 is 0 Å². The Morgan fingerprint density at radius 3 is 2.73 bits per heavy atom. The lowest BCUT2D eigenvalue weighted by Crippen LogP contribution is -2.51. The van der Waals surface area contributed by atoms with E-state index in [-0.39, 0.29) is 12.0 Å². The summed E-state index contributed by atoms with van der Waals surface area (Å²) in [6.07, 6.45) is 4.26. The first-order chi connectivity index (χ1) is 12.7. The standard InChI is InChI=1S/C20H29N3O3/c1-2-3-7-18-14-22(13-17-6-4-5-8-19(17)26-18)15-20(25)23-11-9-21(16-24)10-12-23/h4-6,8,16,18H,2-3,7,9-15H2,1H3/t18-/m0/s1. The zero-order chi connectivity index (χ0) is 18.4. The lowest BCUT2D eigenvalue weighted by molar-refractivity contribution is -0.136. The van der Waals surface area contributed by atoms with Gasteiger partial charge in [-0.15, -0.1) is 0 Å². The van der Waals surface area contributed by atoms with Crippen LogP contribution in [0.25, 0.3) is 0 Å². The maximum Gasteiger partial charge on any atom is 0.236 e. The van der Waals surface area contributed by atoms with Gasteiger partial charge >= 0.3 is 0 Å². The highest BCUT2D eigenvalue weighted by atomic mass is 16.5. The topological polar surface area (TPSA) is 53.1 Å². The summed E-state index contributed by atoms with van der Waals surface area (Å²) in [6, 6.07) is 8.13. The third-order valence-electron chi connectivity index (χ3n) is 5.18. The molecule has 26 heavy (non-hydrogen) atoms. The summed E-state index contributed by atoms with van der Waals surface area (Å²) < 4.78 is 6.23. The van der Waals surface area contributed by atoms with Crippen molar-refractivity contribution in [1.82, 2.24) is 14.7 Å². The van der Waals surface area contributed by atoms with Crippen molar-refractivity contribution in [3.8, 4) is 5.75 Å². The Labute approximate surface area is 155 Å². The normalized spacial score (nSPS) is 20.9. The van der Waals surface area contributed by atoms with Crippen LogP contribution in [0, 0.1) is 0 Å². The first-order valence-electron chi connectivity index (χ1n) is 9.63. The Balaban J connectivity index is 1.64. The number of benzene rings is 1. The third-order valence-corrected chi connectivity index (χ3v) is 5.18. The summed E-state index contributed by atoms with van der Waals surface area (Å²) in [6.45, 7) is 6.59. The third kappa shape index (κ3) is 4.75. The van der Waals surface area contributed by atoms with Gasteiger partial charge in [-0.2, -0.15) is 0 Å². The maximum atomic E-state index is 12.7. The van der Waals surface area contributed by atoms with Gasteiger partial charge in [0.2, 0.25) is 12.3 Å². The molecule has 0 spiro atoms. The van der Waals surface area contributed by atoms with Crippen LogP contribution in [0.4, 0.5) is 0 Å². The fraction of sp³-hybridized carbons (Fsp3) is 0.600. The number of rotatable bonds is 6. The molecule has 2 amide bonds. The molecule has 1 atom stereocenters. The zero-order valence-corrected chi connectivity index (χ0v) is 15.6. The number of hydrogen-bond acceptors (Lipinski definition) is 4. The van der Waals surface area contributed by atoms with Gasteiger partial charge in [-0.25, -0.2) is 0 Å². The molecule has 1 aromatic rings. The molecule has 0 aliphatic carbocycles. The van der Waals surface area contributed by atoms with Gasteiger partial charge in [0.1, 0.15) is 11.9 Å². The van der Waals surface area contributed by atoms with E-state index in [9.17, 15) is 9.59 Å². The lowest BCUT2D eigenvalue weighted by atomic mass is 10.1. The molecule has 0 unspecified atom stereocenters.